The number of carbonyl (C=O) groups is 1. The zero-order valence-electron chi connectivity index (χ0n) is 10.6. The first-order valence-electron chi connectivity index (χ1n) is 6.32. The van der Waals surface area contributed by atoms with Crippen molar-refractivity contribution in [3.05, 3.63) is 40.9 Å². The Morgan fingerprint density at radius 1 is 1.39 bits per heavy atom. The molecule has 0 aromatic heterocycles. The van der Waals surface area contributed by atoms with E-state index >= 15 is 0 Å². The number of Topliss-reactive ketones (excluding diaryl/α,β-unsaturated/α-hetero) is 1. The monoisotopic (exact) mass is 263 g/mol. The SMILES string of the molecule is CC1CN(C/C=C/c2ccc(Cl)cc2)CCC1=O. The van der Waals surface area contributed by atoms with Gasteiger partial charge >= 0.3 is 0 Å². The fraction of sp³-hybridized carbons (Fsp3) is 0.400. The largest absolute Gasteiger partial charge is 0.299 e. The van der Waals surface area contributed by atoms with E-state index in [9.17, 15) is 4.79 Å². The van der Waals surface area contributed by atoms with E-state index in [0.29, 0.717) is 12.2 Å². The summed E-state index contributed by atoms with van der Waals surface area (Å²) in [6.45, 7) is 4.68. The highest BCUT2D eigenvalue weighted by atomic mass is 35.5. The van der Waals surface area contributed by atoms with Gasteiger partial charge < -0.3 is 0 Å². The molecule has 2 nitrogen and oxygen atoms in total. The Morgan fingerprint density at radius 3 is 2.78 bits per heavy atom. The van der Waals surface area contributed by atoms with E-state index < -0.39 is 0 Å². The van der Waals surface area contributed by atoms with Crippen LogP contribution in [-0.2, 0) is 4.79 Å². The van der Waals surface area contributed by atoms with Crippen LogP contribution in [0.25, 0.3) is 6.08 Å². The Kier molecular flexibility index (Phi) is 4.56. The summed E-state index contributed by atoms with van der Waals surface area (Å²) in [6.07, 6.45) is 4.93. The number of hydrogen-bond donors (Lipinski definition) is 0. The molecule has 0 bridgehead atoms. The molecule has 96 valence electrons. The molecule has 2 rings (SSSR count). The lowest BCUT2D eigenvalue weighted by Crippen LogP contribution is -2.39. The van der Waals surface area contributed by atoms with Crippen LogP contribution in [0.1, 0.15) is 18.9 Å². The number of ketones is 1. The maximum absolute atomic E-state index is 11.4. The van der Waals surface area contributed by atoms with Gasteiger partial charge in [0.15, 0.2) is 0 Å². The van der Waals surface area contributed by atoms with Crippen molar-refractivity contribution in [3.63, 3.8) is 0 Å². The molecule has 18 heavy (non-hydrogen) atoms. The number of carbonyl (C=O) groups excluding carboxylic acids is 1. The maximum Gasteiger partial charge on any atom is 0.138 e. The molecule has 0 saturated carbocycles. The summed E-state index contributed by atoms with van der Waals surface area (Å²) >= 11 is 5.83. The van der Waals surface area contributed by atoms with Crippen LogP contribution in [0.4, 0.5) is 0 Å². The molecule has 1 aliphatic rings. The second-order valence-corrected chi connectivity index (χ2v) is 5.27. The number of nitrogens with zero attached hydrogens (tertiary/aromatic N) is 1. The number of benzene rings is 1. The molecule has 1 aromatic carbocycles. The number of piperidine rings is 1. The zero-order valence-corrected chi connectivity index (χ0v) is 11.4. The summed E-state index contributed by atoms with van der Waals surface area (Å²) in [5.74, 6) is 0.579. The van der Waals surface area contributed by atoms with Crippen molar-refractivity contribution in [3.8, 4) is 0 Å². The van der Waals surface area contributed by atoms with Crippen molar-refractivity contribution in [2.24, 2.45) is 5.92 Å². The Bertz CT molecular complexity index is 438. The minimum atomic E-state index is 0.183. The van der Waals surface area contributed by atoms with Crippen molar-refractivity contribution in [2.75, 3.05) is 19.6 Å². The van der Waals surface area contributed by atoms with Crippen LogP contribution in [0.15, 0.2) is 30.3 Å². The third kappa shape index (κ3) is 3.69. The Hall–Kier alpha value is -1.12. The predicted molar refractivity (Wildman–Crippen MR) is 75.7 cm³/mol. The van der Waals surface area contributed by atoms with E-state index in [1.807, 2.05) is 31.2 Å². The molecule has 0 radical (unpaired) electrons. The van der Waals surface area contributed by atoms with Crippen molar-refractivity contribution in [1.29, 1.82) is 0 Å². The quantitative estimate of drug-likeness (QED) is 0.834. The molecular weight excluding hydrogens is 246 g/mol. The van der Waals surface area contributed by atoms with Gasteiger partial charge in [0.1, 0.15) is 5.78 Å². The van der Waals surface area contributed by atoms with Gasteiger partial charge in [0.25, 0.3) is 0 Å². The van der Waals surface area contributed by atoms with Crippen LogP contribution < -0.4 is 0 Å². The first kappa shape index (κ1) is 13.3. The summed E-state index contributed by atoms with van der Waals surface area (Å²) in [4.78, 5) is 13.7. The highest BCUT2D eigenvalue weighted by molar-refractivity contribution is 6.30. The number of halogens is 1. The van der Waals surface area contributed by atoms with Crippen LogP contribution in [0, 0.1) is 5.92 Å². The van der Waals surface area contributed by atoms with Crippen LogP contribution in [0.5, 0.6) is 0 Å². The Balaban J connectivity index is 1.84. The van der Waals surface area contributed by atoms with E-state index in [2.05, 4.69) is 17.1 Å². The predicted octanol–water partition coefficient (Wildman–Crippen LogP) is 3.26. The minimum absolute atomic E-state index is 0.183. The molecule has 1 saturated heterocycles. The van der Waals surface area contributed by atoms with Crippen molar-refractivity contribution in [2.45, 2.75) is 13.3 Å². The van der Waals surface area contributed by atoms with Gasteiger partial charge in [-0.3, -0.25) is 9.69 Å². The number of hydrogen-bond acceptors (Lipinski definition) is 2. The minimum Gasteiger partial charge on any atom is -0.299 e. The molecule has 0 N–H and O–H groups in total. The smallest absolute Gasteiger partial charge is 0.138 e. The van der Waals surface area contributed by atoms with Gasteiger partial charge in [-0.1, -0.05) is 42.8 Å². The van der Waals surface area contributed by atoms with Crippen LogP contribution in [0.2, 0.25) is 5.02 Å². The van der Waals surface area contributed by atoms with Gasteiger partial charge in [-0.15, -0.1) is 0 Å². The third-order valence-electron chi connectivity index (χ3n) is 3.30. The lowest BCUT2D eigenvalue weighted by atomic mass is 9.99. The molecule has 1 heterocycles. The second kappa shape index (κ2) is 6.17. The molecule has 1 atom stereocenters. The summed E-state index contributed by atoms with van der Waals surface area (Å²) in [7, 11) is 0. The lowest BCUT2D eigenvalue weighted by Gasteiger charge is -2.28. The van der Waals surface area contributed by atoms with E-state index in [1.54, 1.807) is 0 Å². The molecular formula is C15H18ClNO. The molecule has 0 amide bonds. The van der Waals surface area contributed by atoms with E-state index in [4.69, 9.17) is 11.6 Å². The van der Waals surface area contributed by atoms with Gasteiger partial charge in [-0.2, -0.15) is 0 Å². The van der Waals surface area contributed by atoms with E-state index in [-0.39, 0.29) is 5.92 Å². The molecule has 1 aliphatic heterocycles. The van der Waals surface area contributed by atoms with E-state index in [0.717, 1.165) is 30.2 Å². The standard InChI is InChI=1S/C15H18ClNO/c1-12-11-17(10-8-15(12)18)9-2-3-13-4-6-14(16)7-5-13/h2-7,12H,8-11H2,1H3/b3-2+. The molecule has 0 spiro atoms. The average Bonchev–Trinajstić information content (AvgIpc) is 2.36. The molecule has 1 fully saturated rings. The van der Waals surface area contributed by atoms with Gasteiger partial charge in [-0.05, 0) is 17.7 Å². The molecule has 0 aliphatic carbocycles. The average molecular weight is 264 g/mol. The number of rotatable bonds is 3. The van der Waals surface area contributed by atoms with Crippen LogP contribution in [0.3, 0.4) is 0 Å². The normalized spacial score (nSPS) is 21.7. The van der Waals surface area contributed by atoms with Crippen LogP contribution in [-0.4, -0.2) is 30.3 Å². The van der Waals surface area contributed by atoms with Gasteiger partial charge in [-0.25, -0.2) is 0 Å². The molecule has 1 aromatic rings. The zero-order chi connectivity index (χ0) is 13.0. The van der Waals surface area contributed by atoms with E-state index in [1.165, 1.54) is 0 Å². The van der Waals surface area contributed by atoms with Crippen molar-refractivity contribution < 1.29 is 4.79 Å². The Labute approximate surface area is 113 Å². The first-order valence-corrected chi connectivity index (χ1v) is 6.70. The summed E-state index contributed by atoms with van der Waals surface area (Å²) in [6, 6.07) is 7.79. The second-order valence-electron chi connectivity index (χ2n) is 4.83. The molecule has 1 unspecified atom stereocenters. The molecule has 3 heteroatoms. The first-order chi connectivity index (χ1) is 8.65. The number of likely N-dealkylation sites (tertiary alicyclic amines) is 1. The third-order valence-corrected chi connectivity index (χ3v) is 3.55. The summed E-state index contributed by atoms with van der Waals surface area (Å²) in [5, 5.41) is 0.760. The highest BCUT2D eigenvalue weighted by Gasteiger charge is 2.22. The van der Waals surface area contributed by atoms with Crippen LogP contribution >= 0.6 is 11.6 Å². The highest BCUT2D eigenvalue weighted by Crippen LogP contribution is 2.13. The fourth-order valence-corrected chi connectivity index (χ4v) is 2.30. The topological polar surface area (TPSA) is 20.3 Å². The Morgan fingerprint density at radius 2 is 2.11 bits per heavy atom. The van der Waals surface area contributed by atoms with Gasteiger partial charge in [0, 0.05) is 37.0 Å². The summed E-state index contributed by atoms with van der Waals surface area (Å²) in [5.41, 5.74) is 1.15. The van der Waals surface area contributed by atoms with Gasteiger partial charge in [0.05, 0.1) is 0 Å². The van der Waals surface area contributed by atoms with Crippen molar-refractivity contribution >= 4 is 23.5 Å². The van der Waals surface area contributed by atoms with Gasteiger partial charge in [0.2, 0.25) is 0 Å². The lowest BCUT2D eigenvalue weighted by molar-refractivity contribution is -0.125. The summed E-state index contributed by atoms with van der Waals surface area (Å²) < 4.78 is 0. The van der Waals surface area contributed by atoms with Crippen molar-refractivity contribution in [1.82, 2.24) is 4.90 Å². The maximum atomic E-state index is 11.4. The fourth-order valence-electron chi connectivity index (χ4n) is 2.17.